The van der Waals surface area contributed by atoms with Gasteiger partial charge < -0.3 is 20.6 Å². The van der Waals surface area contributed by atoms with Crippen molar-refractivity contribution in [3.05, 3.63) is 47.2 Å². The molecule has 1 saturated heterocycles. The molecular formula is C17H21N3O3. The van der Waals surface area contributed by atoms with Crippen LogP contribution in [0.15, 0.2) is 36.1 Å². The Hall–Kier alpha value is -2.60. The van der Waals surface area contributed by atoms with Crippen LogP contribution in [0.3, 0.4) is 0 Å². The van der Waals surface area contributed by atoms with Crippen molar-refractivity contribution < 1.29 is 14.7 Å². The van der Waals surface area contributed by atoms with E-state index in [1.165, 1.54) is 6.08 Å². The van der Waals surface area contributed by atoms with E-state index in [0.29, 0.717) is 5.56 Å². The number of nitrogens with zero attached hydrogens (tertiary/aromatic N) is 2. The third-order valence-electron chi connectivity index (χ3n) is 3.70. The fraction of sp³-hybridized carbons (Fsp3) is 0.294. The van der Waals surface area contributed by atoms with Crippen LogP contribution in [0.2, 0.25) is 0 Å². The van der Waals surface area contributed by atoms with Gasteiger partial charge in [-0.05, 0) is 36.4 Å². The Labute approximate surface area is 135 Å². The number of piperazine rings is 1. The number of aliphatic hydroxyl groups excluding tert-OH is 1. The van der Waals surface area contributed by atoms with Crippen molar-refractivity contribution in [3.63, 3.8) is 0 Å². The van der Waals surface area contributed by atoms with Gasteiger partial charge in [-0.15, -0.1) is 0 Å². The predicted molar refractivity (Wildman–Crippen MR) is 89.4 cm³/mol. The van der Waals surface area contributed by atoms with Gasteiger partial charge in [0.15, 0.2) is 5.76 Å². The van der Waals surface area contributed by atoms with Crippen molar-refractivity contribution in [1.29, 1.82) is 0 Å². The minimum atomic E-state index is -0.879. The number of aliphatic hydroxyl groups is 1. The molecule has 6 nitrogen and oxygen atoms in total. The third kappa shape index (κ3) is 4.96. The van der Waals surface area contributed by atoms with E-state index in [-0.39, 0.29) is 5.91 Å². The second-order valence-corrected chi connectivity index (χ2v) is 5.53. The molecule has 122 valence electrons. The highest BCUT2D eigenvalue weighted by molar-refractivity contribution is 5.94. The van der Waals surface area contributed by atoms with Crippen LogP contribution in [0.25, 0.3) is 12.2 Å². The second-order valence-electron chi connectivity index (χ2n) is 5.53. The van der Waals surface area contributed by atoms with Gasteiger partial charge in [-0.3, -0.25) is 9.59 Å². The Morgan fingerprint density at radius 1 is 1.17 bits per heavy atom. The summed E-state index contributed by atoms with van der Waals surface area (Å²) in [6.45, 7) is 3.22. The molecule has 2 rings (SSSR count). The van der Waals surface area contributed by atoms with Crippen LogP contribution in [-0.4, -0.2) is 59.9 Å². The molecule has 0 bridgehead atoms. The van der Waals surface area contributed by atoms with E-state index < -0.39 is 11.7 Å². The summed E-state index contributed by atoms with van der Waals surface area (Å²) < 4.78 is 0. The Bertz CT molecular complexity index is 644. The summed E-state index contributed by atoms with van der Waals surface area (Å²) in [7, 11) is 2.04. The topological polar surface area (TPSA) is 86.9 Å². The molecular weight excluding hydrogens is 294 g/mol. The highest BCUT2D eigenvalue weighted by Gasteiger charge is 2.16. The number of nitrogens with two attached hydrogens (primary N) is 1. The Morgan fingerprint density at radius 2 is 1.83 bits per heavy atom. The van der Waals surface area contributed by atoms with Crippen molar-refractivity contribution in [3.8, 4) is 0 Å². The zero-order valence-electron chi connectivity index (χ0n) is 13.1. The molecule has 6 heteroatoms. The summed E-state index contributed by atoms with van der Waals surface area (Å²) in [5, 5.41) is 9.38. The molecule has 0 aromatic heterocycles. The number of primary amides is 1. The Balaban J connectivity index is 2.03. The lowest BCUT2D eigenvalue weighted by Crippen LogP contribution is -2.46. The van der Waals surface area contributed by atoms with Gasteiger partial charge in [0.1, 0.15) is 0 Å². The molecule has 2 amide bonds. The van der Waals surface area contributed by atoms with Crippen molar-refractivity contribution >= 4 is 24.0 Å². The molecule has 1 aromatic rings. The van der Waals surface area contributed by atoms with Crippen molar-refractivity contribution in [2.45, 2.75) is 0 Å². The number of carbonyl (C=O) groups excluding carboxylic acids is 2. The van der Waals surface area contributed by atoms with Crippen LogP contribution in [0, 0.1) is 0 Å². The first-order chi connectivity index (χ1) is 11.0. The van der Waals surface area contributed by atoms with Crippen LogP contribution in [0.5, 0.6) is 0 Å². The van der Waals surface area contributed by atoms with Gasteiger partial charge in [0, 0.05) is 32.3 Å². The van der Waals surface area contributed by atoms with Gasteiger partial charge in [-0.1, -0.05) is 18.2 Å². The summed E-state index contributed by atoms with van der Waals surface area (Å²) in [5.41, 5.74) is 6.43. The van der Waals surface area contributed by atoms with Crippen LogP contribution >= 0.6 is 0 Å². The van der Waals surface area contributed by atoms with Gasteiger partial charge >= 0.3 is 0 Å². The molecule has 1 heterocycles. The van der Waals surface area contributed by atoms with Crippen LogP contribution < -0.4 is 5.73 Å². The smallest absolute Gasteiger partial charge is 0.283 e. The van der Waals surface area contributed by atoms with Gasteiger partial charge in [0.2, 0.25) is 5.91 Å². The maximum absolute atomic E-state index is 12.1. The van der Waals surface area contributed by atoms with E-state index in [1.54, 1.807) is 30.4 Å². The summed E-state index contributed by atoms with van der Waals surface area (Å²) in [6, 6.07) is 7.11. The zero-order valence-corrected chi connectivity index (χ0v) is 13.1. The summed E-state index contributed by atoms with van der Waals surface area (Å²) in [4.78, 5) is 27.0. The van der Waals surface area contributed by atoms with E-state index in [0.717, 1.165) is 31.7 Å². The monoisotopic (exact) mass is 315 g/mol. The van der Waals surface area contributed by atoms with E-state index in [9.17, 15) is 14.7 Å². The largest absolute Gasteiger partial charge is 0.503 e. The lowest BCUT2D eigenvalue weighted by Gasteiger charge is -2.31. The van der Waals surface area contributed by atoms with E-state index in [2.05, 4.69) is 4.90 Å². The molecule has 0 atom stereocenters. The molecule has 1 fully saturated rings. The van der Waals surface area contributed by atoms with Crippen molar-refractivity contribution in [1.82, 2.24) is 9.80 Å². The molecule has 0 spiro atoms. The third-order valence-corrected chi connectivity index (χ3v) is 3.70. The lowest BCUT2D eigenvalue weighted by atomic mass is 10.1. The zero-order chi connectivity index (χ0) is 16.8. The number of hydrogen-bond acceptors (Lipinski definition) is 4. The standard InChI is InChI=1S/C17H21N3O3/c1-19-7-9-20(10-8-19)16(22)6-5-13-3-2-4-14(11-13)12-15(21)17(18)23/h2-6,11-12,21H,7-10H2,1H3,(H2,18,23)/b6-5+,15-12?. The highest BCUT2D eigenvalue weighted by atomic mass is 16.3. The maximum atomic E-state index is 12.1. The lowest BCUT2D eigenvalue weighted by molar-refractivity contribution is -0.127. The van der Waals surface area contributed by atoms with E-state index >= 15 is 0 Å². The van der Waals surface area contributed by atoms with Gasteiger partial charge in [0.05, 0.1) is 0 Å². The summed E-state index contributed by atoms with van der Waals surface area (Å²) >= 11 is 0. The summed E-state index contributed by atoms with van der Waals surface area (Å²) in [5.74, 6) is -1.39. The Kier molecular flexibility index (Phi) is 5.54. The molecule has 3 N–H and O–H groups in total. The van der Waals surface area contributed by atoms with Gasteiger partial charge in [-0.25, -0.2) is 0 Å². The molecule has 1 aliphatic heterocycles. The number of hydrogen-bond donors (Lipinski definition) is 2. The first-order valence-electron chi connectivity index (χ1n) is 7.42. The first kappa shape index (κ1) is 16.8. The molecule has 1 aliphatic rings. The quantitative estimate of drug-likeness (QED) is 0.637. The van der Waals surface area contributed by atoms with Crippen molar-refractivity contribution in [2.75, 3.05) is 33.2 Å². The van der Waals surface area contributed by atoms with E-state index in [1.807, 2.05) is 18.0 Å². The number of rotatable bonds is 4. The minimum Gasteiger partial charge on any atom is -0.503 e. The molecule has 0 aliphatic carbocycles. The molecule has 1 aromatic carbocycles. The molecule has 0 unspecified atom stereocenters. The Morgan fingerprint density at radius 3 is 2.48 bits per heavy atom. The minimum absolute atomic E-state index is 0.0148. The van der Waals surface area contributed by atoms with E-state index in [4.69, 9.17) is 5.73 Å². The second kappa shape index (κ2) is 7.60. The summed E-state index contributed by atoms with van der Waals surface area (Å²) in [6.07, 6.45) is 4.56. The predicted octanol–water partition coefficient (Wildman–Crippen LogP) is 0.858. The number of carbonyl (C=O) groups is 2. The van der Waals surface area contributed by atoms with Crippen LogP contribution in [0.1, 0.15) is 11.1 Å². The number of benzene rings is 1. The van der Waals surface area contributed by atoms with Crippen LogP contribution in [-0.2, 0) is 9.59 Å². The van der Waals surface area contributed by atoms with Gasteiger partial charge in [-0.2, -0.15) is 0 Å². The average Bonchev–Trinajstić information content (AvgIpc) is 2.53. The fourth-order valence-electron chi connectivity index (χ4n) is 2.28. The number of likely N-dealkylation sites (N-methyl/N-ethyl adjacent to an activating group) is 1. The number of amides is 2. The SMILES string of the molecule is CN1CCN(C(=O)/C=C/c2cccc(C=C(O)C(N)=O)c2)CC1. The van der Waals surface area contributed by atoms with Crippen molar-refractivity contribution in [2.24, 2.45) is 5.73 Å². The molecule has 0 radical (unpaired) electrons. The highest BCUT2D eigenvalue weighted by Crippen LogP contribution is 2.11. The maximum Gasteiger partial charge on any atom is 0.283 e. The fourth-order valence-corrected chi connectivity index (χ4v) is 2.28. The first-order valence-corrected chi connectivity index (χ1v) is 7.42. The van der Waals surface area contributed by atoms with Gasteiger partial charge in [0.25, 0.3) is 5.91 Å². The average molecular weight is 315 g/mol. The molecule has 23 heavy (non-hydrogen) atoms. The molecule has 0 saturated carbocycles. The van der Waals surface area contributed by atoms with Crippen LogP contribution in [0.4, 0.5) is 0 Å². The normalized spacial score (nSPS) is 16.7.